The maximum absolute atomic E-state index is 13.2. The van der Waals surface area contributed by atoms with Gasteiger partial charge < -0.3 is 10.1 Å². The van der Waals surface area contributed by atoms with Crippen molar-refractivity contribution >= 4 is 49.1 Å². The Balaban J connectivity index is 2.03. The number of amidine groups is 1. The van der Waals surface area contributed by atoms with E-state index in [2.05, 4.69) is 21.2 Å². The lowest BCUT2D eigenvalue weighted by atomic mass is 10.1. The Kier molecular flexibility index (Phi) is 7.43. The van der Waals surface area contributed by atoms with Crippen LogP contribution in [0, 0.1) is 5.41 Å². The molecule has 1 saturated carbocycles. The number of nitrogens with zero attached hydrogens (tertiary/aromatic N) is 1. The van der Waals surface area contributed by atoms with Crippen LogP contribution in [-0.2, 0) is 16.6 Å². The quantitative estimate of drug-likeness (QED) is 0.345. The van der Waals surface area contributed by atoms with Crippen LogP contribution >= 0.6 is 27.5 Å². The lowest BCUT2D eigenvalue weighted by Crippen LogP contribution is -2.39. The number of sulfonamides is 1. The average molecular weight is 537 g/mol. The van der Waals surface area contributed by atoms with E-state index >= 15 is 0 Å². The number of hydrogen-bond acceptors (Lipinski definition) is 5. The predicted octanol–water partition coefficient (Wildman–Crippen LogP) is 5.11. The number of ether oxygens (including phenoxy) is 1. The fourth-order valence-electron chi connectivity index (χ4n) is 3.00. The zero-order valence-corrected chi connectivity index (χ0v) is 19.7. The van der Waals surface area contributed by atoms with E-state index in [1.54, 1.807) is 30.3 Å². The first-order valence-corrected chi connectivity index (χ1v) is 12.1. The van der Waals surface area contributed by atoms with Crippen molar-refractivity contribution in [1.29, 1.82) is 5.41 Å². The number of hydrogen-bond donors (Lipinski definition) is 2. The molecule has 11 heteroatoms. The van der Waals surface area contributed by atoms with Crippen LogP contribution in [0.4, 0.5) is 14.5 Å². The SMILES string of the molecule is COc1ccc(CN(C(=N)c2c(Cl)ccc(Br)c2NCC(F)F)S(=O)(=O)C2CC2)cc1. The number of nitrogens with one attached hydrogen (secondary N) is 2. The third-order valence-corrected chi connectivity index (χ3v) is 7.98. The predicted molar refractivity (Wildman–Crippen MR) is 121 cm³/mol. The van der Waals surface area contributed by atoms with Gasteiger partial charge >= 0.3 is 0 Å². The minimum absolute atomic E-state index is 0.0365. The van der Waals surface area contributed by atoms with Crippen molar-refractivity contribution in [2.24, 2.45) is 0 Å². The molecule has 3 rings (SSSR count). The van der Waals surface area contributed by atoms with Gasteiger partial charge in [-0.25, -0.2) is 21.5 Å². The first kappa shape index (κ1) is 23.7. The van der Waals surface area contributed by atoms with Crippen LogP contribution in [0.15, 0.2) is 40.9 Å². The second kappa shape index (κ2) is 9.70. The standard InChI is InChI=1S/C20H21BrClF2N3O3S/c1-30-13-4-2-12(3-5-13)11-27(31(28,29)14-6-7-14)20(25)18-16(22)9-8-15(21)19(18)26-10-17(23)24/h2-5,8-9,14,17,25-26H,6-7,10-11H2,1H3. The Hall–Kier alpha value is -1.91. The van der Waals surface area contributed by atoms with E-state index in [-0.39, 0.29) is 28.7 Å². The van der Waals surface area contributed by atoms with Crippen molar-refractivity contribution in [3.05, 3.63) is 57.0 Å². The number of rotatable bonds is 9. The second-order valence-electron chi connectivity index (χ2n) is 7.00. The number of anilines is 1. The van der Waals surface area contributed by atoms with Gasteiger partial charge in [0.2, 0.25) is 10.0 Å². The van der Waals surface area contributed by atoms with Crippen LogP contribution in [0.1, 0.15) is 24.0 Å². The van der Waals surface area contributed by atoms with Gasteiger partial charge in [-0.1, -0.05) is 23.7 Å². The summed E-state index contributed by atoms with van der Waals surface area (Å²) < 4.78 is 58.5. The fraction of sp³-hybridized carbons (Fsp3) is 0.350. The molecule has 1 aliphatic carbocycles. The summed E-state index contributed by atoms with van der Waals surface area (Å²) in [5, 5.41) is 10.8. The van der Waals surface area contributed by atoms with Crippen LogP contribution in [0.5, 0.6) is 5.75 Å². The molecule has 2 aromatic rings. The zero-order valence-electron chi connectivity index (χ0n) is 16.5. The normalized spacial score (nSPS) is 13.9. The molecule has 0 heterocycles. The lowest BCUT2D eigenvalue weighted by Gasteiger charge is -2.27. The van der Waals surface area contributed by atoms with E-state index in [0.717, 1.165) is 4.31 Å². The Labute approximate surface area is 193 Å². The van der Waals surface area contributed by atoms with Crippen LogP contribution in [-0.4, -0.2) is 43.9 Å². The smallest absolute Gasteiger partial charge is 0.255 e. The maximum Gasteiger partial charge on any atom is 0.255 e. The van der Waals surface area contributed by atoms with E-state index in [0.29, 0.717) is 28.6 Å². The molecule has 31 heavy (non-hydrogen) atoms. The van der Waals surface area contributed by atoms with Crippen molar-refractivity contribution in [1.82, 2.24) is 4.31 Å². The summed E-state index contributed by atoms with van der Waals surface area (Å²) in [4.78, 5) is 0. The first-order valence-electron chi connectivity index (χ1n) is 9.38. The molecule has 0 radical (unpaired) electrons. The Morgan fingerprint density at radius 2 is 1.94 bits per heavy atom. The number of alkyl halides is 2. The first-order chi connectivity index (χ1) is 14.6. The summed E-state index contributed by atoms with van der Waals surface area (Å²) >= 11 is 9.60. The van der Waals surface area contributed by atoms with Gasteiger partial charge in [0.15, 0.2) is 0 Å². The van der Waals surface area contributed by atoms with E-state index in [1.165, 1.54) is 13.2 Å². The molecule has 1 fully saturated rings. The van der Waals surface area contributed by atoms with Crippen molar-refractivity contribution < 1.29 is 21.9 Å². The van der Waals surface area contributed by atoms with Crippen LogP contribution < -0.4 is 10.1 Å². The topological polar surface area (TPSA) is 82.5 Å². The van der Waals surface area contributed by atoms with Gasteiger partial charge in [-0.15, -0.1) is 0 Å². The molecule has 2 N–H and O–H groups in total. The van der Waals surface area contributed by atoms with Crippen molar-refractivity contribution in [2.75, 3.05) is 19.0 Å². The summed E-state index contributed by atoms with van der Waals surface area (Å²) in [6.07, 6.45) is -1.62. The highest BCUT2D eigenvalue weighted by Gasteiger charge is 2.42. The Morgan fingerprint density at radius 1 is 1.29 bits per heavy atom. The number of benzene rings is 2. The molecule has 2 aromatic carbocycles. The van der Waals surface area contributed by atoms with Gasteiger partial charge in [-0.05, 0) is 58.6 Å². The van der Waals surface area contributed by atoms with E-state index < -0.39 is 28.2 Å². The largest absolute Gasteiger partial charge is 0.497 e. The van der Waals surface area contributed by atoms with Crippen LogP contribution in [0.2, 0.25) is 5.02 Å². The van der Waals surface area contributed by atoms with E-state index in [9.17, 15) is 17.2 Å². The molecule has 0 unspecified atom stereocenters. The van der Waals surface area contributed by atoms with Gasteiger partial charge in [0, 0.05) is 4.47 Å². The van der Waals surface area contributed by atoms with Gasteiger partial charge in [-0.2, -0.15) is 0 Å². The molecular weight excluding hydrogens is 516 g/mol. The summed E-state index contributed by atoms with van der Waals surface area (Å²) in [5.41, 5.74) is 0.820. The molecule has 0 amide bonds. The summed E-state index contributed by atoms with van der Waals surface area (Å²) in [7, 11) is -2.31. The highest BCUT2D eigenvalue weighted by atomic mass is 79.9. The molecule has 0 spiro atoms. The minimum atomic E-state index is -3.84. The van der Waals surface area contributed by atoms with Crippen molar-refractivity contribution in [3.8, 4) is 5.75 Å². The monoisotopic (exact) mass is 535 g/mol. The van der Waals surface area contributed by atoms with Crippen molar-refractivity contribution in [3.63, 3.8) is 0 Å². The Morgan fingerprint density at radius 3 is 2.48 bits per heavy atom. The molecule has 0 aromatic heterocycles. The summed E-state index contributed by atoms with van der Waals surface area (Å²) in [6, 6.07) is 9.85. The van der Waals surface area contributed by atoms with E-state index in [4.69, 9.17) is 21.7 Å². The molecular formula is C20H21BrClF2N3O3S. The number of halogens is 4. The number of methoxy groups -OCH3 is 1. The van der Waals surface area contributed by atoms with Crippen molar-refractivity contribution in [2.45, 2.75) is 31.1 Å². The zero-order chi connectivity index (χ0) is 22.8. The molecule has 0 bridgehead atoms. The molecule has 6 nitrogen and oxygen atoms in total. The Bertz CT molecular complexity index is 1060. The lowest BCUT2D eigenvalue weighted by molar-refractivity contribution is 0.163. The van der Waals surface area contributed by atoms with Crippen LogP contribution in [0.25, 0.3) is 0 Å². The molecule has 1 aliphatic rings. The van der Waals surface area contributed by atoms with Crippen LogP contribution in [0.3, 0.4) is 0 Å². The molecule has 168 valence electrons. The molecule has 0 aliphatic heterocycles. The van der Waals surface area contributed by atoms with Gasteiger partial charge in [-0.3, -0.25) is 5.41 Å². The average Bonchev–Trinajstić information content (AvgIpc) is 3.58. The highest BCUT2D eigenvalue weighted by Crippen LogP contribution is 2.37. The minimum Gasteiger partial charge on any atom is -0.497 e. The fourth-order valence-corrected chi connectivity index (χ4v) is 5.48. The maximum atomic E-state index is 13.2. The van der Waals surface area contributed by atoms with E-state index in [1.807, 2.05) is 0 Å². The highest BCUT2D eigenvalue weighted by molar-refractivity contribution is 9.10. The third-order valence-electron chi connectivity index (χ3n) is 4.76. The third kappa shape index (κ3) is 5.48. The molecule has 0 saturated heterocycles. The summed E-state index contributed by atoms with van der Waals surface area (Å²) in [6.45, 7) is -0.772. The van der Waals surface area contributed by atoms with Gasteiger partial charge in [0.25, 0.3) is 6.43 Å². The van der Waals surface area contributed by atoms with Gasteiger partial charge in [0.05, 0.1) is 41.7 Å². The molecule has 0 atom stereocenters. The summed E-state index contributed by atoms with van der Waals surface area (Å²) in [5.74, 6) is 0.231. The van der Waals surface area contributed by atoms with Gasteiger partial charge in [0.1, 0.15) is 11.6 Å². The second-order valence-corrected chi connectivity index (χ2v) is 10.4.